The smallest absolute Gasteiger partial charge is 0.237 e. The van der Waals surface area contributed by atoms with Crippen molar-refractivity contribution in [2.75, 3.05) is 27.2 Å². The summed E-state index contributed by atoms with van der Waals surface area (Å²) in [5.74, 6) is 0.832. The Balaban J connectivity index is 2.02. The average Bonchev–Trinajstić information content (AvgIpc) is 2.72. The molecule has 86 valence electrons. The molecule has 0 saturated carbocycles. The first-order valence-electron chi connectivity index (χ1n) is 5.79. The standard InChI is InChI=1S/C11H21N3O/c1-13(2)7-11(15)14-9-3-4-10(14)8(5-9)6-12/h8-10H,3-7,12H2,1-2H3. The molecule has 2 N–H and O–H groups in total. The average molecular weight is 211 g/mol. The largest absolute Gasteiger partial charge is 0.335 e. The lowest BCUT2D eigenvalue weighted by molar-refractivity contribution is -0.133. The monoisotopic (exact) mass is 211 g/mol. The molecule has 1 amide bonds. The maximum absolute atomic E-state index is 12.0. The van der Waals surface area contributed by atoms with Crippen LogP contribution in [0.25, 0.3) is 0 Å². The van der Waals surface area contributed by atoms with Gasteiger partial charge in [-0.3, -0.25) is 4.79 Å². The molecule has 0 radical (unpaired) electrons. The molecule has 2 aliphatic rings. The second-order valence-corrected chi connectivity index (χ2v) is 5.07. The summed E-state index contributed by atoms with van der Waals surface area (Å²) in [7, 11) is 3.88. The van der Waals surface area contributed by atoms with E-state index in [1.165, 1.54) is 6.42 Å². The van der Waals surface area contributed by atoms with E-state index in [9.17, 15) is 4.79 Å². The van der Waals surface area contributed by atoms with Crippen LogP contribution in [0, 0.1) is 5.92 Å². The highest BCUT2D eigenvalue weighted by atomic mass is 16.2. The summed E-state index contributed by atoms with van der Waals surface area (Å²) in [4.78, 5) is 16.1. The number of carbonyl (C=O) groups excluding carboxylic acids is 1. The molecule has 2 bridgehead atoms. The van der Waals surface area contributed by atoms with Gasteiger partial charge in [-0.05, 0) is 45.8 Å². The molecule has 3 unspecified atom stereocenters. The van der Waals surface area contributed by atoms with E-state index >= 15 is 0 Å². The van der Waals surface area contributed by atoms with E-state index in [1.54, 1.807) is 0 Å². The highest BCUT2D eigenvalue weighted by Gasteiger charge is 2.47. The minimum atomic E-state index is 0.281. The number of likely N-dealkylation sites (N-methyl/N-ethyl adjacent to an activating group) is 1. The van der Waals surface area contributed by atoms with Crippen LogP contribution >= 0.6 is 0 Å². The summed E-state index contributed by atoms with van der Waals surface area (Å²) in [6, 6.07) is 0.920. The van der Waals surface area contributed by atoms with Crippen molar-refractivity contribution in [1.29, 1.82) is 0 Å². The zero-order valence-corrected chi connectivity index (χ0v) is 9.65. The van der Waals surface area contributed by atoms with Crippen LogP contribution in [0.4, 0.5) is 0 Å². The second-order valence-electron chi connectivity index (χ2n) is 5.07. The molecule has 0 aromatic carbocycles. The highest BCUT2D eigenvalue weighted by Crippen LogP contribution is 2.41. The van der Waals surface area contributed by atoms with Crippen LogP contribution in [0.15, 0.2) is 0 Å². The fourth-order valence-electron chi connectivity index (χ4n) is 3.11. The SMILES string of the molecule is CN(C)CC(=O)N1C2CCC1C(CN)C2. The zero-order valence-electron chi connectivity index (χ0n) is 9.65. The molecule has 2 fully saturated rings. The van der Waals surface area contributed by atoms with Gasteiger partial charge in [0.25, 0.3) is 0 Å². The van der Waals surface area contributed by atoms with Crippen molar-refractivity contribution in [3.8, 4) is 0 Å². The summed E-state index contributed by atoms with van der Waals surface area (Å²) in [5.41, 5.74) is 5.74. The lowest BCUT2D eigenvalue weighted by Gasteiger charge is -2.25. The Morgan fingerprint density at radius 1 is 1.47 bits per heavy atom. The fraction of sp³-hybridized carbons (Fsp3) is 0.909. The van der Waals surface area contributed by atoms with E-state index in [1.807, 2.05) is 19.0 Å². The molecule has 2 rings (SSSR count). The molecule has 0 spiro atoms. The quantitative estimate of drug-likeness (QED) is 0.708. The Bertz CT molecular complexity index is 254. The van der Waals surface area contributed by atoms with Gasteiger partial charge in [-0.1, -0.05) is 0 Å². The minimum Gasteiger partial charge on any atom is -0.335 e. The zero-order chi connectivity index (χ0) is 11.0. The fourth-order valence-corrected chi connectivity index (χ4v) is 3.11. The number of nitrogens with two attached hydrogens (primary N) is 1. The third kappa shape index (κ3) is 1.88. The molecule has 0 aliphatic carbocycles. The maximum atomic E-state index is 12.0. The summed E-state index contributed by atoms with van der Waals surface area (Å²) in [5, 5.41) is 0. The van der Waals surface area contributed by atoms with Crippen LogP contribution in [0.3, 0.4) is 0 Å². The van der Waals surface area contributed by atoms with Crippen molar-refractivity contribution < 1.29 is 4.79 Å². The van der Waals surface area contributed by atoms with Crippen LogP contribution in [0.1, 0.15) is 19.3 Å². The van der Waals surface area contributed by atoms with E-state index < -0.39 is 0 Å². The van der Waals surface area contributed by atoms with Gasteiger partial charge in [0.15, 0.2) is 0 Å². The molecule has 15 heavy (non-hydrogen) atoms. The molecule has 2 saturated heterocycles. The van der Waals surface area contributed by atoms with Gasteiger partial charge in [-0.25, -0.2) is 0 Å². The lowest BCUT2D eigenvalue weighted by Crippen LogP contribution is -2.42. The predicted octanol–water partition coefficient (Wildman–Crippen LogP) is -0.114. The van der Waals surface area contributed by atoms with Crippen LogP contribution in [-0.4, -0.2) is 55.0 Å². The van der Waals surface area contributed by atoms with Crippen molar-refractivity contribution in [2.45, 2.75) is 31.3 Å². The molecule has 3 atom stereocenters. The van der Waals surface area contributed by atoms with Gasteiger partial charge in [0.1, 0.15) is 0 Å². The van der Waals surface area contributed by atoms with Crippen LogP contribution < -0.4 is 5.73 Å². The van der Waals surface area contributed by atoms with Gasteiger partial charge in [0.05, 0.1) is 6.54 Å². The first-order valence-corrected chi connectivity index (χ1v) is 5.79. The Morgan fingerprint density at radius 3 is 2.73 bits per heavy atom. The van der Waals surface area contributed by atoms with Crippen LogP contribution in [0.2, 0.25) is 0 Å². The van der Waals surface area contributed by atoms with E-state index in [2.05, 4.69) is 4.90 Å². The number of rotatable bonds is 3. The van der Waals surface area contributed by atoms with E-state index in [-0.39, 0.29) is 5.91 Å². The molecule has 2 aliphatic heterocycles. The minimum absolute atomic E-state index is 0.281. The predicted molar refractivity (Wildman–Crippen MR) is 59.4 cm³/mol. The van der Waals surface area contributed by atoms with Crippen molar-refractivity contribution >= 4 is 5.91 Å². The van der Waals surface area contributed by atoms with Gasteiger partial charge in [-0.15, -0.1) is 0 Å². The lowest BCUT2D eigenvalue weighted by atomic mass is 9.89. The molecule has 0 aromatic heterocycles. The summed E-state index contributed by atoms with van der Waals surface area (Å²) in [6.07, 6.45) is 3.46. The number of fused-ring (bicyclic) bond motifs is 2. The number of hydrogen-bond donors (Lipinski definition) is 1. The molecule has 4 nitrogen and oxygen atoms in total. The Hall–Kier alpha value is -0.610. The molecule has 0 aromatic rings. The molecule has 2 heterocycles. The van der Waals surface area contributed by atoms with Crippen molar-refractivity contribution in [1.82, 2.24) is 9.80 Å². The topological polar surface area (TPSA) is 49.6 Å². The van der Waals surface area contributed by atoms with E-state index in [0.717, 1.165) is 19.4 Å². The summed E-state index contributed by atoms with van der Waals surface area (Å²) < 4.78 is 0. The van der Waals surface area contributed by atoms with Gasteiger partial charge in [-0.2, -0.15) is 0 Å². The third-order valence-electron chi connectivity index (χ3n) is 3.71. The highest BCUT2D eigenvalue weighted by molar-refractivity contribution is 5.79. The van der Waals surface area contributed by atoms with Crippen LogP contribution in [-0.2, 0) is 4.79 Å². The van der Waals surface area contributed by atoms with Crippen molar-refractivity contribution in [3.05, 3.63) is 0 Å². The third-order valence-corrected chi connectivity index (χ3v) is 3.71. The van der Waals surface area contributed by atoms with Gasteiger partial charge >= 0.3 is 0 Å². The van der Waals surface area contributed by atoms with Crippen molar-refractivity contribution in [2.24, 2.45) is 11.7 Å². The first-order chi connectivity index (χ1) is 7.13. The molecular weight excluding hydrogens is 190 g/mol. The van der Waals surface area contributed by atoms with Gasteiger partial charge < -0.3 is 15.5 Å². The maximum Gasteiger partial charge on any atom is 0.237 e. The number of carbonyl (C=O) groups is 1. The van der Waals surface area contributed by atoms with Gasteiger partial charge in [0, 0.05) is 12.1 Å². The van der Waals surface area contributed by atoms with Crippen molar-refractivity contribution in [3.63, 3.8) is 0 Å². The normalized spacial score (nSPS) is 34.1. The molecule has 4 heteroatoms. The second kappa shape index (κ2) is 4.10. The van der Waals surface area contributed by atoms with E-state index in [0.29, 0.717) is 24.5 Å². The molecular formula is C11H21N3O. The number of amides is 1. The number of hydrogen-bond acceptors (Lipinski definition) is 3. The Morgan fingerprint density at radius 2 is 2.20 bits per heavy atom. The summed E-state index contributed by atoms with van der Waals surface area (Å²) >= 11 is 0. The van der Waals surface area contributed by atoms with Gasteiger partial charge in [0.2, 0.25) is 5.91 Å². The first kappa shape index (κ1) is 10.9. The Kier molecular flexibility index (Phi) is 2.98. The summed E-state index contributed by atoms with van der Waals surface area (Å²) in [6.45, 7) is 1.26. The van der Waals surface area contributed by atoms with Crippen LogP contribution in [0.5, 0.6) is 0 Å². The van der Waals surface area contributed by atoms with E-state index in [4.69, 9.17) is 5.73 Å². The Labute approximate surface area is 91.4 Å². The number of nitrogens with zero attached hydrogens (tertiary/aromatic N) is 2.